The Hall–Kier alpha value is -2.68. The SMILES string of the molecule is CC(C)(N)CC(=O)NC1CN(c2ccc(C3C=N3)c3nccnc23)CC(F)(F)C1. The number of hydrogen-bond donors (Lipinski definition) is 2. The summed E-state index contributed by atoms with van der Waals surface area (Å²) in [6.45, 7) is 3.28. The summed E-state index contributed by atoms with van der Waals surface area (Å²) in [5.41, 5.74) is 7.89. The van der Waals surface area contributed by atoms with E-state index in [1.165, 1.54) is 0 Å². The van der Waals surface area contributed by atoms with E-state index in [2.05, 4.69) is 20.3 Å². The highest BCUT2D eigenvalue weighted by Crippen LogP contribution is 2.37. The molecule has 0 radical (unpaired) electrons. The fourth-order valence-electron chi connectivity index (χ4n) is 3.83. The van der Waals surface area contributed by atoms with Gasteiger partial charge in [-0.25, -0.2) is 8.78 Å². The van der Waals surface area contributed by atoms with Crippen molar-refractivity contribution in [1.82, 2.24) is 15.3 Å². The monoisotopic (exact) mass is 402 g/mol. The molecule has 2 unspecified atom stereocenters. The normalized spacial score (nSPS) is 23.3. The van der Waals surface area contributed by atoms with E-state index in [4.69, 9.17) is 5.73 Å². The van der Waals surface area contributed by atoms with E-state index < -0.39 is 30.5 Å². The quantitative estimate of drug-likeness (QED) is 0.799. The molecule has 1 fully saturated rings. The number of carbonyl (C=O) groups excluding carboxylic acids is 1. The van der Waals surface area contributed by atoms with Gasteiger partial charge in [0.2, 0.25) is 5.91 Å². The van der Waals surface area contributed by atoms with Crippen LogP contribution in [0.25, 0.3) is 11.0 Å². The molecule has 1 aromatic heterocycles. The Labute approximate surface area is 167 Å². The summed E-state index contributed by atoms with van der Waals surface area (Å²) < 4.78 is 29.0. The number of halogens is 2. The van der Waals surface area contributed by atoms with Crippen molar-refractivity contribution in [3.63, 3.8) is 0 Å². The van der Waals surface area contributed by atoms with Crippen LogP contribution < -0.4 is 16.0 Å². The van der Waals surface area contributed by atoms with Crippen LogP contribution in [-0.2, 0) is 4.79 Å². The number of rotatable bonds is 5. The van der Waals surface area contributed by atoms with E-state index in [1.807, 2.05) is 12.3 Å². The van der Waals surface area contributed by atoms with Crippen LogP contribution in [0.4, 0.5) is 14.5 Å². The maximum atomic E-state index is 14.5. The van der Waals surface area contributed by atoms with Gasteiger partial charge in [-0.3, -0.25) is 19.8 Å². The average molecular weight is 402 g/mol. The summed E-state index contributed by atoms with van der Waals surface area (Å²) in [6.07, 6.45) is 4.61. The highest BCUT2D eigenvalue weighted by molar-refractivity contribution is 5.95. The number of anilines is 1. The number of nitrogens with one attached hydrogen (secondary N) is 1. The van der Waals surface area contributed by atoms with Crippen molar-refractivity contribution in [3.8, 4) is 0 Å². The van der Waals surface area contributed by atoms with Gasteiger partial charge in [0, 0.05) is 49.1 Å². The van der Waals surface area contributed by atoms with Crippen LogP contribution in [0.2, 0.25) is 0 Å². The molecule has 2 atom stereocenters. The Morgan fingerprint density at radius 1 is 1.31 bits per heavy atom. The molecule has 7 nitrogen and oxygen atoms in total. The van der Waals surface area contributed by atoms with E-state index in [1.54, 1.807) is 37.2 Å². The molecule has 4 rings (SSSR count). The van der Waals surface area contributed by atoms with Crippen molar-refractivity contribution < 1.29 is 13.6 Å². The molecule has 1 aromatic carbocycles. The Bertz CT molecular complexity index is 965. The zero-order valence-corrected chi connectivity index (χ0v) is 16.4. The number of aliphatic imine (C=N–C) groups is 1. The summed E-state index contributed by atoms with van der Waals surface area (Å²) >= 11 is 0. The number of piperidine rings is 1. The van der Waals surface area contributed by atoms with E-state index in [-0.39, 0.29) is 24.9 Å². The molecule has 29 heavy (non-hydrogen) atoms. The summed E-state index contributed by atoms with van der Waals surface area (Å²) in [5, 5.41) is 2.72. The Morgan fingerprint density at radius 2 is 2.00 bits per heavy atom. The Morgan fingerprint density at radius 3 is 2.66 bits per heavy atom. The van der Waals surface area contributed by atoms with E-state index in [0.29, 0.717) is 16.7 Å². The number of aromatic nitrogens is 2. The summed E-state index contributed by atoms with van der Waals surface area (Å²) in [6, 6.07) is 2.95. The second-order valence-electron chi connectivity index (χ2n) is 8.54. The van der Waals surface area contributed by atoms with E-state index in [9.17, 15) is 13.6 Å². The first-order valence-corrected chi connectivity index (χ1v) is 9.59. The first kappa shape index (κ1) is 19.6. The van der Waals surface area contributed by atoms with Crippen molar-refractivity contribution in [2.45, 2.75) is 50.2 Å². The van der Waals surface area contributed by atoms with Crippen LogP contribution in [0.1, 0.15) is 38.3 Å². The lowest BCUT2D eigenvalue weighted by atomic mass is 9.98. The molecular formula is C20H24F2N6O. The standard InChI is InChI=1S/C20H24F2N6O/c1-19(2,23)8-16(29)27-12-7-20(21,22)11-28(10-12)15-4-3-13(14-9-26-14)17-18(15)25-6-5-24-17/h3-6,9,12,14H,7-8,10-11,23H2,1-2H3,(H,27,29). The molecular weight excluding hydrogens is 378 g/mol. The predicted molar refractivity (Wildman–Crippen MR) is 107 cm³/mol. The van der Waals surface area contributed by atoms with Crippen LogP contribution in [0.5, 0.6) is 0 Å². The number of alkyl halides is 2. The maximum Gasteiger partial charge on any atom is 0.267 e. The molecule has 0 bridgehead atoms. The third kappa shape index (κ3) is 4.50. The van der Waals surface area contributed by atoms with Crippen LogP contribution >= 0.6 is 0 Å². The number of nitrogens with zero attached hydrogens (tertiary/aromatic N) is 4. The molecule has 0 saturated carbocycles. The number of amides is 1. The van der Waals surface area contributed by atoms with Crippen molar-refractivity contribution in [2.24, 2.45) is 10.7 Å². The zero-order valence-electron chi connectivity index (χ0n) is 16.4. The molecule has 2 aromatic rings. The van der Waals surface area contributed by atoms with Gasteiger partial charge in [-0.1, -0.05) is 6.07 Å². The van der Waals surface area contributed by atoms with Gasteiger partial charge in [0.25, 0.3) is 5.92 Å². The van der Waals surface area contributed by atoms with Gasteiger partial charge in [0.1, 0.15) is 11.6 Å². The average Bonchev–Trinajstić information content (AvgIpc) is 3.42. The molecule has 0 spiro atoms. The Kier molecular flexibility index (Phi) is 4.72. The zero-order chi connectivity index (χ0) is 20.8. The van der Waals surface area contributed by atoms with Crippen LogP contribution in [0.3, 0.4) is 0 Å². The molecule has 2 aliphatic rings. The largest absolute Gasteiger partial charge is 0.362 e. The number of nitrogens with two attached hydrogens (primary N) is 1. The number of carbonyl (C=O) groups is 1. The molecule has 3 N–H and O–H groups in total. The molecule has 1 saturated heterocycles. The molecule has 3 heterocycles. The molecule has 9 heteroatoms. The highest BCUT2D eigenvalue weighted by atomic mass is 19.3. The highest BCUT2D eigenvalue weighted by Gasteiger charge is 2.42. The van der Waals surface area contributed by atoms with Gasteiger partial charge >= 0.3 is 0 Å². The minimum Gasteiger partial charge on any atom is -0.362 e. The lowest BCUT2D eigenvalue weighted by Gasteiger charge is -2.39. The van der Waals surface area contributed by atoms with Crippen molar-refractivity contribution in [2.75, 3.05) is 18.0 Å². The van der Waals surface area contributed by atoms with Gasteiger partial charge < -0.3 is 16.0 Å². The third-order valence-electron chi connectivity index (χ3n) is 4.98. The van der Waals surface area contributed by atoms with Crippen molar-refractivity contribution in [3.05, 3.63) is 30.1 Å². The second-order valence-corrected chi connectivity index (χ2v) is 8.54. The topological polar surface area (TPSA) is 96.5 Å². The summed E-state index contributed by atoms with van der Waals surface area (Å²) in [5.74, 6) is -3.27. The van der Waals surface area contributed by atoms with Gasteiger partial charge in [0.15, 0.2) is 0 Å². The van der Waals surface area contributed by atoms with Crippen LogP contribution in [-0.4, -0.2) is 52.7 Å². The minimum absolute atomic E-state index is 0.0160. The van der Waals surface area contributed by atoms with Crippen LogP contribution in [0.15, 0.2) is 29.5 Å². The predicted octanol–water partition coefficient (Wildman–Crippen LogP) is 2.21. The smallest absolute Gasteiger partial charge is 0.267 e. The minimum atomic E-state index is -2.94. The lowest BCUT2D eigenvalue weighted by molar-refractivity contribution is -0.123. The fourth-order valence-corrected chi connectivity index (χ4v) is 3.83. The van der Waals surface area contributed by atoms with E-state index >= 15 is 0 Å². The van der Waals surface area contributed by atoms with Gasteiger partial charge in [-0.2, -0.15) is 0 Å². The number of fused-ring (bicyclic) bond motifs is 1. The summed E-state index contributed by atoms with van der Waals surface area (Å²) in [4.78, 5) is 26.8. The molecule has 2 aliphatic heterocycles. The maximum absolute atomic E-state index is 14.5. The second kappa shape index (κ2) is 6.98. The summed E-state index contributed by atoms with van der Waals surface area (Å²) in [7, 11) is 0. The van der Waals surface area contributed by atoms with Gasteiger partial charge in [-0.05, 0) is 19.9 Å². The number of hydrogen-bond acceptors (Lipinski definition) is 6. The number of benzene rings is 1. The van der Waals surface area contributed by atoms with Gasteiger partial charge in [-0.15, -0.1) is 0 Å². The fraction of sp³-hybridized carbons (Fsp3) is 0.500. The lowest BCUT2D eigenvalue weighted by Crippen LogP contribution is -2.56. The molecule has 1 amide bonds. The van der Waals surface area contributed by atoms with Crippen molar-refractivity contribution in [1.29, 1.82) is 0 Å². The van der Waals surface area contributed by atoms with Crippen LogP contribution in [0, 0.1) is 0 Å². The first-order valence-electron chi connectivity index (χ1n) is 9.59. The van der Waals surface area contributed by atoms with E-state index in [0.717, 1.165) is 5.56 Å². The first-order chi connectivity index (χ1) is 13.6. The molecule has 154 valence electrons. The Balaban J connectivity index is 1.61. The van der Waals surface area contributed by atoms with Crippen molar-refractivity contribution >= 4 is 28.8 Å². The third-order valence-corrected chi connectivity index (χ3v) is 4.98. The molecule has 0 aliphatic carbocycles. The van der Waals surface area contributed by atoms with Gasteiger partial charge in [0.05, 0.1) is 23.8 Å².